The first-order chi connectivity index (χ1) is 16.7. The number of rotatable bonds is 2. The summed E-state index contributed by atoms with van der Waals surface area (Å²) in [5.41, 5.74) is 2.33. The number of aromatic nitrogens is 1. The number of thiophene rings is 1. The van der Waals surface area contributed by atoms with E-state index in [1.165, 1.54) is 22.1 Å². The summed E-state index contributed by atoms with van der Waals surface area (Å²) in [6.45, 7) is 0. The van der Waals surface area contributed by atoms with Crippen LogP contribution in [0.15, 0.2) is 90.5 Å². The fourth-order valence-corrected chi connectivity index (χ4v) is 6.84. The van der Waals surface area contributed by atoms with Crippen molar-refractivity contribution in [3.05, 3.63) is 107 Å². The summed E-state index contributed by atoms with van der Waals surface area (Å²) in [4.78, 5) is 32.8. The largest absolute Gasteiger partial charge is 0.288 e. The Bertz CT molecular complexity index is 1760. The van der Waals surface area contributed by atoms with Crippen LogP contribution in [0.4, 0.5) is 0 Å². The van der Waals surface area contributed by atoms with Gasteiger partial charge in [0.25, 0.3) is 0 Å². The highest BCUT2D eigenvalue weighted by molar-refractivity contribution is 7.29. The summed E-state index contributed by atoms with van der Waals surface area (Å²) < 4.78 is 1.06. The number of hydrogen-bond donors (Lipinski definition) is 0. The van der Waals surface area contributed by atoms with Crippen molar-refractivity contribution >= 4 is 71.4 Å². The molecule has 5 heteroatoms. The van der Waals surface area contributed by atoms with Gasteiger partial charge in [0.05, 0.1) is 10.3 Å². The number of Topliss-reactive ketones (excluding diaryl/α,β-unsaturated/α-hetero) is 2. The predicted molar refractivity (Wildman–Crippen MR) is 141 cm³/mol. The second-order valence-electron chi connectivity index (χ2n) is 8.33. The molecule has 0 radical (unpaired) electrons. The molecule has 1 aliphatic rings. The van der Waals surface area contributed by atoms with Crippen molar-refractivity contribution in [2.45, 2.75) is 0 Å². The van der Waals surface area contributed by atoms with Crippen LogP contribution in [0.25, 0.3) is 47.7 Å². The molecule has 0 aliphatic heterocycles. The van der Waals surface area contributed by atoms with E-state index >= 15 is 0 Å². The van der Waals surface area contributed by atoms with E-state index in [1.54, 1.807) is 17.4 Å². The van der Waals surface area contributed by atoms with Gasteiger partial charge in [0.15, 0.2) is 11.6 Å². The number of thiazole rings is 1. The number of carbonyl (C=O) groups excluding carboxylic acids is 2. The van der Waals surface area contributed by atoms with Gasteiger partial charge in [-0.25, -0.2) is 4.98 Å². The fraction of sp³-hybridized carbons (Fsp3) is 0. The molecule has 2 heterocycles. The van der Waals surface area contributed by atoms with Gasteiger partial charge in [0, 0.05) is 21.6 Å². The van der Waals surface area contributed by atoms with Crippen LogP contribution in [-0.2, 0) is 0 Å². The first kappa shape index (κ1) is 19.5. The lowest BCUT2D eigenvalue weighted by Gasteiger charge is -2.02. The topological polar surface area (TPSA) is 47.0 Å². The van der Waals surface area contributed by atoms with Gasteiger partial charge in [-0.1, -0.05) is 66.7 Å². The number of nitrogens with zero attached hydrogens (tertiary/aromatic N) is 1. The first-order valence-corrected chi connectivity index (χ1v) is 12.5. The summed E-state index contributed by atoms with van der Waals surface area (Å²) in [5.74, 6) is -0.404. The quantitative estimate of drug-likeness (QED) is 0.190. The molecule has 3 nitrogen and oxygen atoms in total. The molecule has 0 spiro atoms. The smallest absolute Gasteiger partial charge is 0.197 e. The van der Waals surface area contributed by atoms with Crippen molar-refractivity contribution in [3.63, 3.8) is 0 Å². The Morgan fingerprint density at radius 2 is 1.29 bits per heavy atom. The number of benzene rings is 4. The zero-order chi connectivity index (χ0) is 22.8. The van der Waals surface area contributed by atoms with Gasteiger partial charge in [-0.05, 0) is 45.8 Å². The molecule has 1 aliphatic carbocycles. The lowest BCUT2D eigenvalue weighted by Crippen LogP contribution is -1.99. The van der Waals surface area contributed by atoms with Crippen molar-refractivity contribution in [2.24, 2.45) is 0 Å². The Morgan fingerprint density at radius 3 is 2.00 bits per heavy atom. The van der Waals surface area contributed by atoms with E-state index in [2.05, 4.69) is 30.3 Å². The molecule has 7 rings (SSSR count). The van der Waals surface area contributed by atoms with Crippen molar-refractivity contribution in [1.82, 2.24) is 4.98 Å². The van der Waals surface area contributed by atoms with Crippen molar-refractivity contribution in [2.75, 3.05) is 0 Å². The maximum Gasteiger partial charge on any atom is 0.197 e. The van der Waals surface area contributed by atoms with Gasteiger partial charge in [0.2, 0.25) is 0 Å². The molecule has 0 saturated carbocycles. The Morgan fingerprint density at radius 1 is 0.647 bits per heavy atom. The third-order valence-corrected chi connectivity index (χ3v) is 8.42. The minimum absolute atomic E-state index is 0.202. The number of fused-ring (bicyclic) bond motifs is 4. The van der Waals surface area contributed by atoms with Crippen LogP contribution in [0.3, 0.4) is 0 Å². The van der Waals surface area contributed by atoms with E-state index in [4.69, 9.17) is 4.98 Å². The molecular weight excluding hydrogens is 458 g/mol. The highest BCUT2D eigenvalue weighted by atomic mass is 32.1. The molecular formula is C29H15NO2S2. The molecule has 4 aromatic carbocycles. The third-order valence-electron chi connectivity index (χ3n) is 6.28. The summed E-state index contributed by atoms with van der Waals surface area (Å²) >= 11 is 3.14. The van der Waals surface area contributed by atoms with Crippen molar-refractivity contribution < 1.29 is 9.59 Å². The minimum Gasteiger partial charge on any atom is -0.288 e. The van der Waals surface area contributed by atoms with Crippen LogP contribution in [0.5, 0.6) is 0 Å². The number of ketones is 2. The molecule has 2 aromatic heterocycles. The van der Waals surface area contributed by atoms with Crippen LogP contribution in [0.1, 0.15) is 25.6 Å². The van der Waals surface area contributed by atoms with Gasteiger partial charge < -0.3 is 0 Å². The van der Waals surface area contributed by atoms with E-state index in [1.807, 2.05) is 54.6 Å². The SMILES string of the molecule is O=C1C(=Cc2cc3sc(-c4cccc5ccccc45)nc3s2)C(=O)c2cc3ccccc3cc21. The first-order valence-electron chi connectivity index (χ1n) is 10.9. The van der Waals surface area contributed by atoms with Gasteiger partial charge in [0.1, 0.15) is 9.84 Å². The maximum absolute atomic E-state index is 13.1. The van der Waals surface area contributed by atoms with Crippen molar-refractivity contribution in [3.8, 4) is 10.6 Å². The third kappa shape index (κ3) is 2.91. The summed E-state index contributed by atoms with van der Waals surface area (Å²) in [6.07, 6.45) is 1.73. The van der Waals surface area contributed by atoms with Gasteiger partial charge in [-0.15, -0.1) is 22.7 Å². The zero-order valence-electron chi connectivity index (χ0n) is 17.7. The average molecular weight is 474 g/mol. The maximum atomic E-state index is 13.1. The average Bonchev–Trinajstić information content (AvgIpc) is 3.50. The molecule has 0 saturated heterocycles. The zero-order valence-corrected chi connectivity index (χ0v) is 19.4. The van der Waals surface area contributed by atoms with Gasteiger partial charge in [-0.3, -0.25) is 9.59 Å². The van der Waals surface area contributed by atoms with Crippen LogP contribution >= 0.6 is 22.7 Å². The summed E-state index contributed by atoms with van der Waals surface area (Å²) in [5, 5.41) is 5.27. The highest BCUT2D eigenvalue weighted by Crippen LogP contribution is 2.39. The Labute approximate surface area is 202 Å². The molecule has 160 valence electrons. The van der Waals surface area contributed by atoms with Gasteiger partial charge >= 0.3 is 0 Å². The molecule has 0 unspecified atom stereocenters. The Hall–Kier alpha value is -3.93. The van der Waals surface area contributed by atoms with Crippen LogP contribution in [-0.4, -0.2) is 16.6 Å². The molecule has 0 amide bonds. The summed E-state index contributed by atoms with van der Waals surface area (Å²) in [6, 6.07) is 28.1. The second kappa shape index (κ2) is 7.29. The molecule has 6 aromatic rings. The standard InChI is InChI=1S/C29H15NO2S2/c31-26-22-12-17-7-1-2-8-18(17)13-23(22)27(32)24(26)14-19-15-25-29(33-19)30-28(34-25)21-11-5-9-16-6-3-4-10-20(16)21/h1-15H. The number of hydrogen-bond acceptors (Lipinski definition) is 5. The van der Waals surface area contributed by atoms with E-state index < -0.39 is 0 Å². The fourth-order valence-electron chi connectivity index (χ4n) is 4.63. The highest BCUT2D eigenvalue weighted by Gasteiger charge is 2.33. The molecule has 34 heavy (non-hydrogen) atoms. The monoisotopic (exact) mass is 473 g/mol. The summed E-state index contributed by atoms with van der Waals surface area (Å²) in [7, 11) is 0. The van der Waals surface area contributed by atoms with E-state index in [0.29, 0.717) is 11.1 Å². The molecule has 0 N–H and O–H groups in total. The van der Waals surface area contributed by atoms with Gasteiger partial charge in [-0.2, -0.15) is 0 Å². The normalized spacial score (nSPS) is 13.4. The number of allylic oxidation sites excluding steroid dienone is 1. The lowest BCUT2D eigenvalue weighted by atomic mass is 10.0. The van der Waals surface area contributed by atoms with Crippen molar-refractivity contribution in [1.29, 1.82) is 0 Å². The predicted octanol–water partition coefficient (Wildman–Crippen LogP) is 7.79. The minimum atomic E-state index is -0.202. The van der Waals surface area contributed by atoms with Crippen LogP contribution < -0.4 is 0 Å². The second-order valence-corrected chi connectivity index (χ2v) is 10.4. The Balaban J connectivity index is 1.28. The molecule has 0 bridgehead atoms. The number of carbonyl (C=O) groups is 2. The van der Waals surface area contributed by atoms with E-state index in [9.17, 15) is 9.59 Å². The van der Waals surface area contributed by atoms with Crippen LogP contribution in [0.2, 0.25) is 0 Å². The molecule has 0 atom stereocenters. The lowest BCUT2D eigenvalue weighted by molar-refractivity contribution is 0.0990. The van der Waals surface area contributed by atoms with Crippen LogP contribution in [0, 0.1) is 0 Å². The van der Waals surface area contributed by atoms with E-state index in [0.717, 1.165) is 35.8 Å². The molecule has 0 fully saturated rings. The Kier molecular flexibility index (Phi) is 4.19. The van der Waals surface area contributed by atoms with E-state index in [-0.39, 0.29) is 17.1 Å².